The molecule has 0 aliphatic heterocycles. The Bertz CT molecular complexity index is 901. The monoisotopic (exact) mass is 385 g/mol. The largest absolute Gasteiger partial charge is 0.481 e. The van der Waals surface area contributed by atoms with Crippen LogP contribution in [0.5, 0.6) is 0 Å². The summed E-state index contributed by atoms with van der Waals surface area (Å²) in [6, 6.07) is 7.73. The van der Waals surface area contributed by atoms with Crippen molar-refractivity contribution in [3.8, 4) is 0 Å². The van der Waals surface area contributed by atoms with E-state index in [1.54, 1.807) is 19.1 Å². The van der Waals surface area contributed by atoms with Crippen LogP contribution >= 0.6 is 0 Å². The van der Waals surface area contributed by atoms with Crippen molar-refractivity contribution in [1.29, 1.82) is 0 Å². The van der Waals surface area contributed by atoms with E-state index < -0.39 is 22.8 Å². The first-order chi connectivity index (χ1) is 13.0. The zero-order valence-corrected chi connectivity index (χ0v) is 16.2. The van der Waals surface area contributed by atoms with Crippen LogP contribution < -0.4 is 5.32 Å². The van der Waals surface area contributed by atoms with Crippen molar-refractivity contribution < 1.29 is 19.6 Å². The molecule has 0 aliphatic rings. The van der Waals surface area contributed by atoms with Crippen LogP contribution in [0.3, 0.4) is 0 Å². The fraction of sp³-hybridized carbons (Fsp3) is 0.350. The molecule has 8 heteroatoms. The second-order valence-corrected chi connectivity index (χ2v) is 7.58. The zero-order valence-electron chi connectivity index (χ0n) is 16.2. The van der Waals surface area contributed by atoms with Crippen LogP contribution in [-0.4, -0.2) is 26.9 Å². The number of amides is 1. The summed E-state index contributed by atoms with van der Waals surface area (Å²) in [7, 11) is 0. The fourth-order valence-electron chi connectivity index (χ4n) is 2.73. The Labute approximate surface area is 162 Å². The van der Waals surface area contributed by atoms with Crippen LogP contribution in [0.25, 0.3) is 0 Å². The number of carboxylic acid groups (broad SMARTS) is 1. The van der Waals surface area contributed by atoms with Crippen LogP contribution in [0.2, 0.25) is 0 Å². The highest BCUT2D eigenvalue weighted by molar-refractivity contribution is 5.96. The molecule has 2 aromatic rings. The minimum atomic E-state index is -1.07. The summed E-state index contributed by atoms with van der Waals surface area (Å²) in [4.78, 5) is 38.1. The standard InChI is InChI=1S/C20H23N3O5/c1-12-16(9-15(11-21-12)23(27)28)19(26)22-17(10-18(24)25)13-5-7-14(8-6-13)20(2,3)4/h5-9,11,17H,10H2,1-4H3,(H,22,26)(H,24,25). The topological polar surface area (TPSA) is 122 Å². The van der Waals surface area contributed by atoms with E-state index in [1.165, 1.54) is 0 Å². The van der Waals surface area contributed by atoms with Crippen molar-refractivity contribution in [2.45, 2.75) is 45.6 Å². The summed E-state index contributed by atoms with van der Waals surface area (Å²) in [5.41, 5.74) is 1.71. The predicted molar refractivity (Wildman–Crippen MR) is 103 cm³/mol. The molecular formula is C20H23N3O5. The molecule has 0 spiro atoms. The summed E-state index contributed by atoms with van der Waals surface area (Å²) in [6.45, 7) is 7.76. The van der Waals surface area contributed by atoms with Crippen LogP contribution in [0.1, 0.15) is 60.4 Å². The van der Waals surface area contributed by atoms with Crippen molar-refractivity contribution in [2.24, 2.45) is 0 Å². The number of nitrogens with one attached hydrogen (secondary N) is 1. The molecule has 1 atom stereocenters. The van der Waals surface area contributed by atoms with E-state index in [4.69, 9.17) is 0 Å². The Balaban J connectivity index is 2.32. The minimum absolute atomic E-state index is 0.0379. The quantitative estimate of drug-likeness (QED) is 0.579. The van der Waals surface area contributed by atoms with E-state index in [1.807, 2.05) is 12.1 Å². The van der Waals surface area contributed by atoms with Gasteiger partial charge in [0.15, 0.2) is 0 Å². The second kappa shape index (κ2) is 8.16. The van der Waals surface area contributed by atoms with Gasteiger partial charge in [-0.15, -0.1) is 0 Å². The molecule has 0 saturated carbocycles. The van der Waals surface area contributed by atoms with Crippen molar-refractivity contribution in [3.05, 3.63) is 69.0 Å². The maximum Gasteiger partial charge on any atom is 0.305 e. The van der Waals surface area contributed by atoms with Crippen LogP contribution in [0.4, 0.5) is 5.69 Å². The van der Waals surface area contributed by atoms with Gasteiger partial charge in [0.05, 0.1) is 28.6 Å². The minimum Gasteiger partial charge on any atom is -0.481 e. The lowest BCUT2D eigenvalue weighted by molar-refractivity contribution is -0.385. The third kappa shape index (κ3) is 5.12. The number of aryl methyl sites for hydroxylation is 1. The number of pyridine rings is 1. The van der Waals surface area contributed by atoms with E-state index in [0.717, 1.165) is 17.8 Å². The molecule has 0 radical (unpaired) electrons. The highest BCUT2D eigenvalue weighted by Gasteiger charge is 2.23. The lowest BCUT2D eigenvalue weighted by Crippen LogP contribution is -2.31. The van der Waals surface area contributed by atoms with E-state index in [2.05, 4.69) is 31.1 Å². The molecule has 1 aromatic carbocycles. The number of hydrogen-bond acceptors (Lipinski definition) is 5. The molecule has 0 bridgehead atoms. The molecule has 2 N–H and O–H groups in total. The van der Waals surface area contributed by atoms with Crippen LogP contribution in [0.15, 0.2) is 36.5 Å². The van der Waals surface area contributed by atoms with Crippen molar-refractivity contribution in [1.82, 2.24) is 10.3 Å². The summed E-state index contributed by atoms with van der Waals surface area (Å²) in [5, 5.41) is 22.8. The van der Waals surface area contributed by atoms with Gasteiger partial charge in [-0.25, -0.2) is 0 Å². The number of nitrogens with zero attached hydrogens (tertiary/aromatic N) is 2. The molecule has 1 heterocycles. The molecular weight excluding hydrogens is 362 g/mol. The number of rotatable bonds is 6. The van der Waals surface area contributed by atoms with Crippen LogP contribution in [0, 0.1) is 17.0 Å². The van der Waals surface area contributed by atoms with Gasteiger partial charge in [0.2, 0.25) is 0 Å². The Kier molecular flexibility index (Phi) is 6.12. The molecule has 2 rings (SSSR count). The normalized spacial score (nSPS) is 12.3. The average molecular weight is 385 g/mol. The predicted octanol–water partition coefficient (Wildman–Crippen LogP) is 3.54. The molecule has 28 heavy (non-hydrogen) atoms. The molecule has 0 aliphatic carbocycles. The van der Waals surface area contributed by atoms with Gasteiger partial charge in [-0.05, 0) is 23.5 Å². The number of carbonyl (C=O) groups is 2. The van der Waals surface area contributed by atoms with Gasteiger partial charge in [-0.1, -0.05) is 45.0 Å². The summed E-state index contributed by atoms with van der Waals surface area (Å²) >= 11 is 0. The second-order valence-electron chi connectivity index (χ2n) is 7.58. The third-order valence-corrected chi connectivity index (χ3v) is 4.39. The third-order valence-electron chi connectivity index (χ3n) is 4.39. The number of nitro groups is 1. The highest BCUT2D eigenvalue weighted by atomic mass is 16.6. The molecule has 148 valence electrons. The lowest BCUT2D eigenvalue weighted by atomic mass is 9.86. The van der Waals surface area contributed by atoms with Gasteiger partial charge in [0.1, 0.15) is 6.20 Å². The summed E-state index contributed by atoms with van der Waals surface area (Å²) < 4.78 is 0. The molecule has 1 amide bonds. The van der Waals surface area contributed by atoms with E-state index in [9.17, 15) is 24.8 Å². The Morgan fingerprint density at radius 1 is 1.25 bits per heavy atom. The molecule has 1 aromatic heterocycles. The number of aliphatic carboxylic acids is 1. The maximum absolute atomic E-state index is 12.7. The molecule has 1 unspecified atom stereocenters. The first-order valence-electron chi connectivity index (χ1n) is 8.73. The smallest absolute Gasteiger partial charge is 0.305 e. The Morgan fingerprint density at radius 3 is 2.36 bits per heavy atom. The SMILES string of the molecule is Cc1ncc([N+](=O)[O-])cc1C(=O)NC(CC(=O)O)c1ccc(C(C)(C)C)cc1. The summed E-state index contributed by atoms with van der Waals surface area (Å²) in [5.74, 6) is -1.68. The lowest BCUT2D eigenvalue weighted by Gasteiger charge is -2.22. The zero-order chi connectivity index (χ0) is 21.1. The summed E-state index contributed by atoms with van der Waals surface area (Å²) in [6.07, 6.45) is 0.758. The molecule has 0 saturated heterocycles. The number of aromatic nitrogens is 1. The molecule has 0 fully saturated rings. The van der Waals surface area contributed by atoms with Gasteiger partial charge < -0.3 is 10.4 Å². The van der Waals surface area contributed by atoms with Gasteiger partial charge in [-0.3, -0.25) is 24.7 Å². The number of benzene rings is 1. The van der Waals surface area contributed by atoms with Crippen LogP contribution in [-0.2, 0) is 10.2 Å². The van der Waals surface area contributed by atoms with Gasteiger partial charge >= 0.3 is 5.97 Å². The Hall–Kier alpha value is -3.29. The first kappa shape index (κ1) is 21.0. The van der Waals surface area contributed by atoms with E-state index >= 15 is 0 Å². The molecule has 8 nitrogen and oxygen atoms in total. The fourth-order valence-corrected chi connectivity index (χ4v) is 2.73. The van der Waals surface area contributed by atoms with Crippen molar-refractivity contribution in [2.75, 3.05) is 0 Å². The van der Waals surface area contributed by atoms with Gasteiger partial charge in [-0.2, -0.15) is 0 Å². The van der Waals surface area contributed by atoms with Gasteiger partial charge in [0.25, 0.3) is 11.6 Å². The number of carbonyl (C=O) groups excluding carboxylic acids is 1. The Morgan fingerprint density at radius 2 is 1.86 bits per heavy atom. The average Bonchev–Trinajstić information content (AvgIpc) is 2.60. The highest BCUT2D eigenvalue weighted by Crippen LogP contribution is 2.25. The number of carboxylic acids is 1. The maximum atomic E-state index is 12.7. The first-order valence-corrected chi connectivity index (χ1v) is 8.73. The number of hydrogen-bond donors (Lipinski definition) is 2. The van der Waals surface area contributed by atoms with E-state index in [0.29, 0.717) is 11.3 Å². The van der Waals surface area contributed by atoms with E-state index in [-0.39, 0.29) is 23.1 Å². The van der Waals surface area contributed by atoms with Crippen molar-refractivity contribution >= 4 is 17.6 Å². The van der Waals surface area contributed by atoms with Gasteiger partial charge in [0, 0.05) is 6.07 Å². The van der Waals surface area contributed by atoms with Crippen molar-refractivity contribution in [3.63, 3.8) is 0 Å².